The number of para-hydroxylation sites is 1. The van der Waals surface area contributed by atoms with Gasteiger partial charge in [0.2, 0.25) is 5.91 Å². The Morgan fingerprint density at radius 2 is 2.00 bits per heavy atom. The number of aromatic nitrogens is 2. The maximum absolute atomic E-state index is 12.9. The van der Waals surface area contributed by atoms with Crippen molar-refractivity contribution in [2.45, 2.75) is 26.8 Å². The number of esters is 1. The smallest absolute Gasteiger partial charge is 0.348 e. The number of nitrogens with zero attached hydrogens (tertiary/aromatic N) is 2. The Kier molecular flexibility index (Phi) is 5.36. The number of aryl methyl sites for hydroxylation is 1. The number of thiophene rings is 1. The second-order valence-corrected chi connectivity index (χ2v) is 6.94. The fourth-order valence-electron chi connectivity index (χ4n) is 2.70. The van der Waals surface area contributed by atoms with Gasteiger partial charge in [0, 0.05) is 5.69 Å². The van der Waals surface area contributed by atoms with Crippen LogP contribution in [0.1, 0.15) is 35.1 Å². The summed E-state index contributed by atoms with van der Waals surface area (Å²) < 4.78 is 6.30. The number of amides is 1. The van der Waals surface area contributed by atoms with E-state index in [1.807, 2.05) is 18.2 Å². The SMILES string of the molecule is CCOC(=O)c1sc2ncn([C@H](C)C(=O)Nc3ccccc3)c(=O)c2c1C. The van der Waals surface area contributed by atoms with E-state index >= 15 is 0 Å². The van der Waals surface area contributed by atoms with E-state index in [4.69, 9.17) is 4.74 Å². The largest absolute Gasteiger partial charge is 0.462 e. The predicted molar refractivity (Wildman–Crippen MR) is 104 cm³/mol. The molecule has 0 aliphatic heterocycles. The van der Waals surface area contributed by atoms with E-state index < -0.39 is 12.0 Å². The third-order valence-electron chi connectivity index (χ3n) is 4.17. The van der Waals surface area contributed by atoms with Crippen LogP contribution in [0.4, 0.5) is 5.69 Å². The second-order valence-electron chi connectivity index (χ2n) is 5.95. The van der Waals surface area contributed by atoms with Crippen molar-refractivity contribution in [3.63, 3.8) is 0 Å². The Morgan fingerprint density at radius 1 is 1.30 bits per heavy atom. The van der Waals surface area contributed by atoms with Crippen molar-refractivity contribution in [1.29, 1.82) is 0 Å². The van der Waals surface area contributed by atoms with Crippen LogP contribution in [0.5, 0.6) is 0 Å². The van der Waals surface area contributed by atoms with Gasteiger partial charge < -0.3 is 10.1 Å². The number of rotatable bonds is 5. The minimum absolute atomic E-state index is 0.251. The lowest BCUT2D eigenvalue weighted by Crippen LogP contribution is -2.31. The molecule has 0 fully saturated rings. The van der Waals surface area contributed by atoms with Gasteiger partial charge in [-0.15, -0.1) is 11.3 Å². The molecule has 1 N–H and O–H groups in total. The van der Waals surface area contributed by atoms with Gasteiger partial charge in [0.15, 0.2) is 0 Å². The van der Waals surface area contributed by atoms with E-state index in [0.29, 0.717) is 26.3 Å². The van der Waals surface area contributed by atoms with Crippen molar-refractivity contribution >= 4 is 39.1 Å². The quantitative estimate of drug-likeness (QED) is 0.682. The Hall–Kier alpha value is -3.00. The summed E-state index contributed by atoms with van der Waals surface area (Å²) >= 11 is 1.12. The van der Waals surface area contributed by atoms with Crippen molar-refractivity contribution < 1.29 is 14.3 Å². The number of hydrogen-bond acceptors (Lipinski definition) is 6. The van der Waals surface area contributed by atoms with Gasteiger partial charge in [-0.05, 0) is 38.5 Å². The molecule has 0 saturated carbocycles. The first-order valence-electron chi connectivity index (χ1n) is 8.47. The molecule has 2 aromatic heterocycles. The summed E-state index contributed by atoms with van der Waals surface area (Å²) in [5.74, 6) is -0.804. The molecule has 0 bridgehead atoms. The van der Waals surface area contributed by atoms with Crippen LogP contribution >= 0.6 is 11.3 Å². The lowest BCUT2D eigenvalue weighted by Gasteiger charge is -2.14. The fourth-order valence-corrected chi connectivity index (χ4v) is 3.73. The molecule has 0 radical (unpaired) electrons. The first-order chi connectivity index (χ1) is 12.9. The molecular weight excluding hydrogens is 366 g/mol. The summed E-state index contributed by atoms with van der Waals surface area (Å²) in [4.78, 5) is 42.6. The van der Waals surface area contributed by atoms with E-state index in [-0.39, 0.29) is 18.1 Å². The molecule has 3 aromatic rings. The lowest BCUT2D eigenvalue weighted by atomic mass is 10.2. The summed E-state index contributed by atoms with van der Waals surface area (Å²) in [5, 5.41) is 3.11. The summed E-state index contributed by atoms with van der Waals surface area (Å²) in [7, 11) is 0. The highest BCUT2D eigenvalue weighted by molar-refractivity contribution is 7.20. The second kappa shape index (κ2) is 7.71. The normalized spacial score (nSPS) is 12.0. The Bertz CT molecular complexity index is 1060. The Balaban J connectivity index is 1.96. The Morgan fingerprint density at radius 3 is 2.67 bits per heavy atom. The minimum Gasteiger partial charge on any atom is -0.462 e. The van der Waals surface area contributed by atoms with Crippen LogP contribution in [0.25, 0.3) is 10.2 Å². The molecule has 1 amide bonds. The molecule has 1 aromatic carbocycles. The third kappa shape index (κ3) is 3.61. The van der Waals surface area contributed by atoms with Crippen LogP contribution < -0.4 is 10.9 Å². The minimum atomic E-state index is -0.764. The van der Waals surface area contributed by atoms with Gasteiger partial charge >= 0.3 is 5.97 Å². The number of carbonyl (C=O) groups excluding carboxylic acids is 2. The highest BCUT2D eigenvalue weighted by Crippen LogP contribution is 2.27. The van der Waals surface area contributed by atoms with Crippen molar-refractivity contribution in [3.05, 3.63) is 57.5 Å². The highest BCUT2D eigenvalue weighted by Gasteiger charge is 2.23. The summed E-state index contributed by atoms with van der Waals surface area (Å²) in [5.41, 5.74) is 0.809. The standard InChI is InChI=1S/C19H19N3O4S/c1-4-26-19(25)15-11(2)14-17(27-15)20-10-22(18(14)24)12(3)16(23)21-13-8-6-5-7-9-13/h5-10,12H,4H2,1-3H3,(H,21,23)/t12-/m1/s1. The number of fused-ring (bicyclic) bond motifs is 1. The fraction of sp³-hybridized carbons (Fsp3) is 0.263. The molecule has 140 valence electrons. The molecule has 0 saturated heterocycles. The van der Waals surface area contributed by atoms with Crippen LogP contribution in [-0.2, 0) is 9.53 Å². The zero-order valence-corrected chi connectivity index (χ0v) is 16.0. The number of hydrogen-bond donors (Lipinski definition) is 1. The van der Waals surface area contributed by atoms with Crippen LogP contribution in [0.2, 0.25) is 0 Å². The van der Waals surface area contributed by atoms with Gasteiger partial charge in [-0.1, -0.05) is 18.2 Å². The third-order valence-corrected chi connectivity index (χ3v) is 5.35. The first kappa shape index (κ1) is 18.8. The van der Waals surface area contributed by atoms with Crippen molar-refractivity contribution in [3.8, 4) is 0 Å². The monoisotopic (exact) mass is 385 g/mol. The molecule has 8 heteroatoms. The van der Waals surface area contributed by atoms with Gasteiger partial charge in [-0.2, -0.15) is 0 Å². The van der Waals surface area contributed by atoms with Gasteiger partial charge in [-0.25, -0.2) is 9.78 Å². The molecule has 0 aliphatic carbocycles. The van der Waals surface area contributed by atoms with Gasteiger partial charge in [0.05, 0.1) is 18.3 Å². The van der Waals surface area contributed by atoms with Gasteiger partial charge in [-0.3, -0.25) is 14.2 Å². The summed E-state index contributed by atoms with van der Waals surface area (Å²) in [6, 6.07) is 8.24. The van der Waals surface area contributed by atoms with Crippen molar-refractivity contribution in [2.24, 2.45) is 0 Å². The van der Waals surface area contributed by atoms with Crippen LogP contribution in [0, 0.1) is 6.92 Å². The molecular formula is C19H19N3O4S. The maximum atomic E-state index is 12.9. The van der Waals surface area contributed by atoms with E-state index in [1.54, 1.807) is 32.9 Å². The van der Waals surface area contributed by atoms with E-state index in [9.17, 15) is 14.4 Å². The molecule has 0 spiro atoms. The zero-order chi connectivity index (χ0) is 19.6. The summed E-state index contributed by atoms with van der Waals surface area (Å²) in [6.45, 7) is 5.29. The predicted octanol–water partition coefficient (Wildman–Crippen LogP) is 3.14. The van der Waals surface area contributed by atoms with Crippen LogP contribution in [-0.4, -0.2) is 28.0 Å². The van der Waals surface area contributed by atoms with Crippen LogP contribution in [0.3, 0.4) is 0 Å². The summed E-state index contributed by atoms with van der Waals surface area (Å²) in [6.07, 6.45) is 1.34. The highest BCUT2D eigenvalue weighted by atomic mass is 32.1. The lowest BCUT2D eigenvalue weighted by molar-refractivity contribution is -0.118. The molecule has 0 unspecified atom stereocenters. The topological polar surface area (TPSA) is 90.3 Å². The molecule has 27 heavy (non-hydrogen) atoms. The molecule has 3 rings (SSSR count). The van der Waals surface area contributed by atoms with E-state index in [1.165, 1.54) is 10.9 Å². The molecule has 1 atom stereocenters. The average molecular weight is 385 g/mol. The number of anilines is 1. The zero-order valence-electron chi connectivity index (χ0n) is 15.2. The van der Waals surface area contributed by atoms with Gasteiger partial charge in [0.25, 0.3) is 5.56 Å². The average Bonchev–Trinajstić information content (AvgIpc) is 3.00. The number of nitrogens with one attached hydrogen (secondary N) is 1. The van der Waals surface area contributed by atoms with Crippen LogP contribution in [0.15, 0.2) is 41.5 Å². The van der Waals surface area contributed by atoms with Crippen molar-refractivity contribution in [1.82, 2.24) is 9.55 Å². The van der Waals surface area contributed by atoms with Crippen molar-refractivity contribution in [2.75, 3.05) is 11.9 Å². The molecule has 2 heterocycles. The van der Waals surface area contributed by atoms with E-state index in [0.717, 1.165) is 11.3 Å². The van der Waals surface area contributed by atoms with E-state index in [2.05, 4.69) is 10.3 Å². The number of benzene rings is 1. The van der Waals surface area contributed by atoms with Gasteiger partial charge in [0.1, 0.15) is 15.7 Å². The Labute approximate surface area is 159 Å². The molecule has 7 nitrogen and oxygen atoms in total. The molecule has 0 aliphatic rings. The maximum Gasteiger partial charge on any atom is 0.348 e. The number of carbonyl (C=O) groups is 2. The number of ether oxygens (including phenoxy) is 1. The first-order valence-corrected chi connectivity index (χ1v) is 9.29.